The maximum absolute atomic E-state index is 13.1. The average molecular weight is 397 g/mol. The number of aliphatic hydroxyl groups excluding tert-OH is 1. The Hall–Kier alpha value is -2.46. The Morgan fingerprint density at radius 2 is 1.96 bits per heavy atom. The van der Waals surface area contributed by atoms with E-state index in [-0.39, 0.29) is 37.0 Å². The smallest absolute Gasteiger partial charge is 0.395 e. The first kappa shape index (κ1) is 20.3. The van der Waals surface area contributed by atoms with Gasteiger partial charge in [0.1, 0.15) is 0 Å². The molecule has 1 aromatic carbocycles. The van der Waals surface area contributed by atoms with Crippen molar-refractivity contribution < 1.29 is 23.1 Å². The maximum atomic E-state index is 13.1. The SMILES string of the molecule is O=C(NCCO)c1cn(C2CCN(Cc3ccccc3C(F)(F)F)CC2)nn1. The number of aromatic nitrogens is 3. The Bertz CT molecular complexity index is 801. The highest BCUT2D eigenvalue weighted by Crippen LogP contribution is 2.33. The van der Waals surface area contributed by atoms with E-state index >= 15 is 0 Å². The molecule has 3 rings (SSSR count). The molecule has 0 radical (unpaired) electrons. The number of carbonyl (C=O) groups excluding carboxylic acids is 1. The Labute approximate surface area is 160 Å². The number of hydrogen-bond acceptors (Lipinski definition) is 5. The minimum absolute atomic E-state index is 0.0426. The van der Waals surface area contributed by atoms with E-state index in [2.05, 4.69) is 15.6 Å². The summed E-state index contributed by atoms with van der Waals surface area (Å²) in [5.41, 5.74) is -0.140. The third kappa shape index (κ3) is 4.87. The zero-order valence-electron chi connectivity index (χ0n) is 15.2. The van der Waals surface area contributed by atoms with Crippen molar-refractivity contribution in [3.8, 4) is 0 Å². The van der Waals surface area contributed by atoms with Gasteiger partial charge in [-0.3, -0.25) is 9.69 Å². The van der Waals surface area contributed by atoms with Gasteiger partial charge in [0, 0.05) is 26.2 Å². The van der Waals surface area contributed by atoms with Crippen LogP contribution in [0.25, 0.3) is 0 Å². The Kier molecular flexibility index (Phi) is 6.30. The summed E-state index contributed by atoms with van der Waals surface area (Å²) < 4.78 is 41.1. The normalized spacial score (nSPS) is 16.3. The summed E-state index contributed by atoms with van der Waals surface area (Å²) >= 11 is 0. The van der Waals surface area contributed by atoms with Gasteiger partial charge in [0.2, 0.25) is 0 Å². The molecule has 0 unspecified atom stereocenters. The van der Waals surface area contributed by atoms with Crippen molar-refractivity contribution in [3.05, 3.63) is 47.3 Å². The zero-order chi connectivity index (χ0) is 20.1. The van der Waals surface area contributed by atoms with Crippen LogP contribution < -0.4 is 5.32 Å². The Morgan fingerprint density at radius 1 is 1.25 bits per heavy atom. The fourth-order valence-corrected chi connectivity index (χ4v) is 3.34. The van der Waals surface area contributed by atoms with E-state index in [0.717, 1.165) is 6.07 Å². The first-order valence-corrected chi connectivity index (χ1v) is 9.07. The minimum atomic E-state index is -4.36. The van der Waals surface area contributed by atoms with Crippen LogP contribution in [0.3, 0.4) is 0 Å². The van der Waals surface area contributed by atoms with Crippen molar-refractivity contribution in [2.75, 3.05) is 26.2 Å². The van der Waals surface area contributed by atoms with Gasteiger partial charge in [-0.25, -0.2) is 4.68 Å². The van der Waals surface area contributed by atoms with E-state index < -0.39 is 17.6 Å². The largest absolute Gasteiger partial charge is 0.416 e. The lowest BCUT2D eigenvalue weighted by molar-refractivity contribution is -0.138. The molecule has 1 aromatic heterocycles. The first-order valence-electron chi connectivity index (χ1n) is 9.07. The van der Waals surface area contributed by atoms with Gasteiger partial charge in [-0.1, -0.05) is 23.4 Å². The number of alkyl halides is 3. The molecule has 152 valence electrons. The van der Waals surface area contributed by atoms with Gasteiger partial charge < -0.3 is 10.4 Å². The van der Waals surface area contributed by atoms with Gasteiger partial charge in [-0.2, -0.15) is 13.2 Å². The number of nitrogens with zero attached hydrogens (tertiary/aromatic N) is 4. The number of hydrogen-bond donors (Lipinski definition) is 2. The molecule has 1 fully saturated rings. The predicted octanol–water partition coefficient (Wildman–Crippen LogP) is 1.86. The topological polar surface area (TPSA) is 83.3 Å². The highest BCUT2D eigenvalue weighted by atomic mass is 19.4. The van der Waals surface area contributed by atoms with E-state index in [1.165, 1.54) is 12.1 Å². The highest BCUT2D eigenvalue weighted by molar-refractivity contribution is 5.91. The second-order valence-corrected chi connectivity index (χ2v) is 6.73. The standard InChI is InChI=1S/C18H22F3N5O2/c19-18(20,21)15-4-2-1-3-13(15)11-25-8-5-14(6-9-25)26-12-16(23-24-26)17(28)22-7-10-27/h1-4,12,14,27H,5-11H2,(H,22,28). The molecular formula is C18H22F3N5O2. The summed E-state index contributed by atoms with van der Waals surface area (Å²) in [5, 5.41) is 19.1. The van der Waals surface area contributed by atoms with Crippen molar-refractivity contribution >= 4 is 5.91 Å². The highest BCUT2D eigenvalue weighted by Gasteiger charge is 2.33. The molecule has 1 aliphatic heterocycles. The summed E-state index contributed by atoms with van der Waals surface area (Å²) in [4.78, 5) is 13.8. The van der Waals surface area contributed by atoms with Crippen molar-refractivity contribution in [2.45, 2.75) is 31.6 Å². The lowest BCUT2D eigenvalue weighted by Crippen LogP contribution is -2.35. The number of likely N-dealkylation sites (tertiary alicyclic amines) is 1. The number of halogens is 3. The molecule has 1 amide bonds. The van der Waals surface area contributed by atoms with Crippen LogP contribution in [-0.4, -0.2) is 57.1 Å². The molecule has 2 N–H and O–H groups in total. The van der Waals surface area contributed by atoms with Crippen LogP contribution in [-0.2, 0) is 12.7 Å². The van der Waals surface area contributed by atoms with Crippen LogP contribution in [0.5, 0.6) is 0 Å². The summed E-state index contributed by atoms with van der Waals surface area (Å²) in [7, 11) is 0. The van der Waals surface area contributed by atoms with Crippen molar-refractivity contribution in [3.63, 3.8) is 0 Å². The van der Waals surface area contributed by atoms with Gasteiger partial charge in [0.05, 0.1) is 24.4 Å². The summed E-state index contributed by atoms with van der Waals surface area (Å²) in [6.45, 7) is 1.49. The second-order valence-electron chi connectivity index (χ2n) is 6.73. The quantitative estimate of drug-likeness (QED) is 0.778. The zero-order valence-corrected chi connectivity index (χ0v) is 15.2. The van der Waals surface area contributed by atoms with Crippen LogP contribution in [0.4, 0.5) is 13.2 Å². The molecule has 7 nitrogen and oxygen atoms in total. The van der Waals surface area contributed by atoms with Crippen LogP contribution in [0.2, 0.25) is 0 Å². The lowest BCUT2D eigenvalue weighted by Gasteiger charge is -2.32. The summed E-state index contributed by atoms with van der Waals surface area (Å²) in [6, 6.07) is 5.69. The van der Waals surface area contributed by atoms with Gasteiger partial charge >= 0.3 is 6.18 Å². The number of carbonyl (C=O) groups is 1. The lowest BCUT2D eigenvalue weighted by atomic mass is 10.0. The number of rotatable bonds is 6. The third-order valence-corrected chi connectivity index (χ3v) is 4.79. The Morgan fingerprint density at radius 3 is 2.64 bits per heavy atom. The molecular weight excluding hydrogens is 375 g/mol. The van der Waals surface area contributed by atoms with Gasteiger partial charge in [0.25, 0.3) is 5.91 Å². The van der Waals surface area contributed by atoms with Crippen molar-refractivity contribution in [1.29, 1.82) is 0 Å². The first-order chi connectivity index (χ1) is 13.4. The second kappa shape index (κ2) is 8.70. The molecule has 2 aromatic rings. The molecule has 2 heterocycles. The van der Waals surface area contributed by atoms with E-state index in [9.17, 15) is 18.0 Å². The van der Waals surface area contributed by atoms with E-state index in [4.69, 9.17) is 5.11 Å². The summed E-state index contributed by atoms with van der Waals surface area (Å²) in [6.07, 6.45) is -1.39. The molecule has 1 saturated heterocycles. The molecule has 0 spiro atoms. The van der Waals surface area contributed by atoms with E-state index in [1.54, 1.807) is 16.9 Å². The van der Waals surface area contributed by atoms with Crippen LogP contribution in [0.15, 0.2) is 30.5 Å². The average Bonchev–Trinajstić information content (AvgIpc) is 3.16. The summed E-state index contributed by atoms with van der Waals surface area (Å²) in [5.74, 6) is -0.401. The molecule has 0 atom stereocenters. The van der Waals surface area contributed by atoms with E-state index in [0.29, 0.717) is 25.9 Å². The molecule has 1 aliphatic rings. The van der Waals surface area contributed by atoms with E-state index in [1.807, 2.05) is 4.90 Å². The molecule has 0 saturated carbocycles. The third-order valence-electron chi connectivity index (χ3n) is 4.79. The van der Waals surface area contributed by atoms with Crippen LogP contribution in [0, 0.1) is 0 Å². The number of benzene rings is 1. The van der Waals surface area contributed by atoms with Gasteiger partial charge in [-0.05, 0) is 24.5 Å². The number of nitrogens with one attached hydrogen (secondary N) is 1. The van der Waals surface area contributed by atoms with Gasteiger partial charge in [-0.15, -0.1) is 5.10 Å². The van der Waals surface area contributed by atoms with Crippen LogP contribution in [0.1, 0.15) is 40.5 Å². The fourth-order valence-electron chi connectivity index (χ4n) is 3.34. The van der Waals surface area contributed by atoms with Crippen molar-refractivity contribution in [1.82, 2.24) is 25.2 Å². The molecule has 0 aliphatic carbocycles. The predicted molar refractivity (Wildman–Crippen MR) is 94.4 cm³/mol. The number of amides is 1. The fraction of sp³-hybridized carbons (Fsp3) is 0.500. The molecule has 28 heavy (non-hydrogen) atoms. The maximum Gasteiger partial charge on any atom is 0.416 e. The Balaban J connectivity index is 1.57. The van der Waals surface area contributed by atoms with Gasteiger partial charge in [0.15, 0.2) is 5.69 Å². The number of aliphatic hydroxyl groups is 1. The van der Waals surface area contributed by atoms with Crippen LogP contribution >= 0.6 is 0 Å². The molecule has 10 heteroatoms. The monoisotopic (exact) mass is 397 g/mol. The molecule has 0 bridgehead atoms. The van der Waals surface area contributed by atoms with Crippen molar-refractivity contribution in [2.24, 2.45) is 0 Å². The number of piperidine rings is 1. The minimum Gasteiger partial charge on any atom is -0.395 e.